The fraction of sp³-hybridized carbons (Fsp3) is 1.00. The van der Waals surface area contributed by atoms with Crippen molar-refractivity contribution in [2.24, 2.45) is 5.41 Å². The Morgan fingerprint density at radius 3 is 2.13 bits per heavy atom. The van der Waals surface area contributed by atoms with E-state index in [1.165, 1.54) is 12.8 Å². The minimum absolute atomic E-state index is 0.222. The van der Waals surface area contributed by atoms with Gasteiger partial charge in [0.2, 0.25) is 0 Å². The summed E-state index contributed by atoms with van der Waals surface area (Å²) in [4.78, 5) is 0. The average Bonchev–Trinajstić information content (AvgIpc) is 2.21. The lowest BCUT2D eigenvalue weighted by Crippen LogP contribution is -2.30. The van der Waals surface area contributed by atoms with Crippen molar-refractivity contribution >= 4 is 0 Å². The van der Waals surface area contributed by atoms with Crippen molar-refractivity contribution in [1.82, 2.24) is 0 Å². The number of hydrogen-bond acceptors (Lipinski definition) is 3. The zero-order chi connectivity index (χ0) is 11.3. The first kappa shape index (κ1) is 12.9. The summed E-state index contributed by atoms with van der Waals surface area (Å²) in [6, 6.07) is 0. The molecule has 1 rings (SSSR count). The maximum Gasteiger partial charge on any atom is 0.180 e. The van der Waals surface area contributed by atoms with Crippen LogP contribution in [0.25, 0.3) is 0 Å². The quantitative estimate of drug-likeness (QED) is 0.661. The second-order valence-electron chi connectivity index (χ2n) is 5.10. The van der Waals surface area contributed by atoms with E-state index < -0.39 is 0 Å². The average molecular weight is 216 g/mol. The lowest BCUT2D eigenvalue weighted by molar-refractivity contribution is -0.156. The van der Waals surface area contributed by atoms with Gasteiger partial charge in [-0.25, -0.2) is 0 Å². The molecule has 0 radical (unpaired) electrons. The summed E-state index contributed by atoms with van der Waals surface area (Å²) in [7, 11) is 3.28. The normalized spacial score (nSPS) is 22.2. The monoisotopic (exact) mass is 216 g/mol. The smallest absolute Gasteiger partial charge is 0.180 e. The Bertz CT molecular complexity index is 166. The molecule has 0 aromatic carbocycles. The first-order chi connectivity index (χ1) is 7.07. The van der Waals surface area contributed by atoms with Gasteiger partial charge in [-0.3, -0.25) is 0 Å². The van der Waals surface area contributed by atoms with Gasteiger partial charge in [0.15, 0.2) is 6.29 Å². The van der Waals surface area contributed by atoms with Crippen LogP contribution in [0, 0.1) is 5.41 Å². The molecule has 0 aromatic rings. The molecule has 0 atom stereocenters. The van der Waals surface area contributed by atoms with E-state index in [-0.39, 0.29) is 6.29 Å². The number of rotatable bonds is 5. The lowest BCUT2D eigenvalue weighted by Gasteiger charge is -2.34. The summed E-state index contributed by atoms with van der Waals surface area (Å²) in [6.07, 6.45) is 5.00. The van der Waals surface area contributed by atoms with Gasteiger partial charge in [-0.2, -0.15) is 0 Å². The minimum atomic E-state index is -0.222. The van der Waals surface area contributed by atoms with Crippen molar-refractivity contribution in [2.75, 3.05) is 20.8 Å². The van der Waals surface area contributed by atoms with E-state index in [0.29, 0.717) is 18.1 Å². The molecule has 1 saturated carbocycles. The maximum atomic E-state index is 5.77. The van der Waals surface area contributed by atoms with E-state index in [0.717, 1.165) is 12.8 Å². The van der Waals surface area contributed by atoms with Crippen molar-refractivity contribution < 1.29 is 14.2 Å². The Balaban J connectivity index is 2.18. The van der Waals surface area contributed by atoms with Crippen molar-refractivity contribution in [3.8, 4) is 0 Å². The van der Waals surface area contributed by atoms with Gasteiger partial charge < -0.3 is 14.2 Å². The van der Waals surface area contributed by atoms with Gasteiger partial charge in [-0.15, -0.1) is 0 Å². The van der Waals surface area contributed by atoms with Crippen LogP contribution in [0.5, 0.6) is 0 Å². The molecule has 0 spiro atoms. The van der Waals surface area contributed by atoms with Crippen molar-refractivity contribution in [3.63, 3.8) is 0 Å². The zero-order valence-electron chi connectivity index (χ0n) is 10.4. The summed E-state index contributed by atoms with van der Waals surface area (Å²) < 4.78 is 15.9. The standard InChI is InChI=1S/C12H24O3/c1-12(2)7-5-10(6-8-12)15-9-11(13-3)14-4/h10-11H,5-9H2,1-4H3. The topological polar surface area (TPSA) is 27.7 Å². The van der Waals surface area contributed by atoms with Crippen molar-refractivity contribution in [2.45, 2.75) is 51.9 Å². The van der Waals surface area contributed by atoms with E-state index in [9.17, 15) is 0 Å². The van der Waals surface area contributed by atoms with Crippen LogP contribution >= 0.6 is 0 Å². The molecule has 0 heterocycles. The number of hydrogen-bond donors (Lipinski definition) is 0. The molecule has 3 heteroatoms. The Morgan fingerprint density at radius 1 is 1.13 bits per heavy atom. The maximum absolute atomic E-state index is 5.77. The van der Waals surface area contributed by atoms with Crippen LogP contribution in [-0.4, -0.2) is 33.2 Å². The molecule has 0 N–H and O–H groups in total. The first-order valence-corrected chi connectivity index (χ1v) is 5.74. The second-order valence-corrected chi connectivity index (χ2v) is 5.10. The summed E-state index contributed by atoms with van der Waals surface area (Å²) in [5.41, 5.74) is 0.502. The highest BCUT2D eigenvalue weighted by Gasteiger charge is 2.27. The predicted octanol–water partition coefficient (Wildman–Crippen LogP) is 2.59. The van der Waals surface area contributed by atoms with E-state index in [4.69, 9.17) is 14.2 Å². The summed E-state index contributed by atoms with van der Waals surface area (Å²) in [5, 5.41) is 0. The third-order valence-electron chi connectivity index (χ3n) is 3.28. The van der Waals surface area contributed by atoms with Crippen LogP contribution in [0.4, 0.5) is 0 Å². The molecule has 1 aliphatic carbocycles. The number of ether oxygens (including phenoxy) is 3. The Labute approximate surface area is 93.1 Å². The van der Waals surface area contributed by atoms with E-state index in [2.05, 4.69) is 13.8 Å². The van der Waals surface area contributed by atoms with Gasteiger partial charge in [0.25, 0.3) is 0 Å². The molecular formula is C12H24O3. The molecule has 0 aliphatic heterocycles. The van der Waals surface area contributed by atoms with Gasteiger partial charge in [-0.1, -0.05) is 13.8 Å². The van der Waals surface area contributed by atoms with Crippen LogP contribution < -0.4 is 0 Å². The van der Waals surface area contributed by atoms with E-state index in [1.54, 1.807) is 14.2 Å². The van der Waals surface area contributed by atoms with Gasteiger partial charge in [-0.05, 0) is 31.1 Å². The largest absolute Gasteiger partial charge is 0.373 e. The van der Waals surface area contributed by atoms with Crippen molar-refractivity contribution in [3.05, 3.63) is 0 Å². The highest BCUT2D eigenvalue weighted by Crippen LogP contribution is 2.36. The third kappa shape index (κ3) is 4.49. The summed E-state index contributed by atoms with van der Waals surface area (Å²) in [6.45, 7) is 5.20. The molecule has 0 unspecified atom stereocenters. The molecule has 1 fully saturated rings. The zero-order valence-corrected chi connectivity index (χ0v) is 10.4. The molecule has 0 saturated heterocycles. The Morgan fingerprint density at radius 2 is 1.67 bits per heavy atom. The van der Waals surface area contributed by atoms with Crippen molar-refractivity contribution in [1.29, 1.82) is 0 Å². The highest BCUT2D eigenvalue weighted by atomic mass is 16.7. The van der Waals surface area contributed by atoms with Crippen LogP contribution in [0.3, 0.4) is 0 Å². The Kier molecular flexibility index (Phi) is 5.03. The molecule has 1 aliphatic rings. The molecule has 0 bridgehead atoms. The first-order valence-electron chi connectivity index (χ1n) is 5.74. The highest BCUT2D eigenvalue weighted by molar-refractivity contribution is 4.78. The third-order valence-corrected chi connectivity index (χ3v) is 3.28. The molecule has 0 amide bonds. The van der Waals surface area contributed by atoms with Gasteiger partial charge in [0, 0.05) is 14.2 Å². The molecule has 90 valence electrons. The predicted molar refractivity (Wildman–Crippen MR) is 59.8 cm³/mol. The molecule has 3 nitrogen and oxygen atoms in total. The van der Waals surface area contributed by atoms with Gasteiger partial charge in [0.05, 0.1) is 12.7 Å². The fourth-order valence-corrected chi connectivity index (χ4v) is 1.99. The molecular weight excluding hydrogens is 192 g/mol. The van der Waals surface area contributed by atoms with Gasteiger partial charge in [0.1, 0.15) is 0 Å². The van der Waals surface area contributed by atoms with Crippen LogP contribution in [0.2, 0.25) is 0 Å². The van der Waals surface area contributed by atoms with Crippen LogP contribution in [0.1, 0.15) is 39.5 Å². The lowest BCUT2D eigenvalue weighted by atomic mass is 9.76. The second kappa shape index (κ2) is 5.83. The number of methoxy groups -OCH3 is 2. The van der Waals surface area contributed by atoms with Crippen LogP contribution in [0.15, 0.2) is 0 Å². The van der Waals surface area contributed by atoms with Crippen LogP contribution in [-0.2, 0) is 14.2 Å². The minimum Gasteiger partial charge on any atom is -0.373 e. The fourth-order valence-electron chi connectivity index (χ4n) is 1.99. The molecule has 0 aromatic heterocycles. The summed E-state index contributed by atoms with van der Waals surface area (Å²) in [5.74, 6) is 0. The summed E-state index contributed by atoms with van der Waals surface area (Å²) >= 11 is 0. The van der Waals surface area contributed by atoms with Gasteiger partial charge >= 0.3 is 0 Å². The van der Waals surface area contributed by atoms with E-state index in [1.807, 2.05) is 0 Å². The SMILES string of the molecule is COC(COC1CCC(C)(C)CC1)OC. The molecule has 15 heavy (non-hydrogen) atoms. The van der Waals surface area contributed by atoms with E-state index >= 15 is 0 Å². The Hall–Kier alpha value is -0.120.